The fourth-order valence-electron chi connectivity index (χ4n) is 4.65. The molecule has 1 N–H and O–H groups in total. The minimum absolute atomic E-state index is 0.512. The van der Waals surface area contributed by atoms with Gasteiger partial charge in [-0.1, -0.05) is 17.7 Å². The van der Waals surface area contributed by atoms with Crippen LogP contribution in [0.5, 0.6) is 0 Å². The summed E-state index contributed by atoms with van der Waals surface area (Å²) in [5, 5.41) is 5.29. The second-order valence-electron chi connectivity index (χ2n) is 7.85. The zero-order valence-corrected chi connectivity index (χ0v) is 15.5. The van der Waals surface area contributed by atoms with Gasteiger partial charge in [-0.25, -0.2) is 0 Å². The minimum Gasteiger partial charge on any atom is -0.320 e. The highest BCUT2D eigenvalue weighted by atomic mass is 15.0. The topological polar surface area (TPSA) is 29.9 Å². The average Bonchev–Trinajstić information content (AvgIpc) is 2.94. The molecule has 2 aromatic heterocycles. The van der Waals surface area contributed by atoms with Crippen LogP contribution >= 0.6 is 0 Å². The van der Waals surface area contributed by atoms with Crippen molar-refractivity contribution in [1.82, 2.24) is 14.9 Å². The minimum atomic E-state index is 0.512. The Kier molecular flexibility index (Phi) is 3.71. The fraction of sp³-hybridized carbons (Fsp3) is 0.348. The van der Waals surface area contributed by atoms with Crippen molar-refractivity contribution in [1.29, 1.82) is 0 Å². The van der Waals surface area contributed by atoms with Crippen molar-refractivity contribution in [2.45, 2.75) is 51.6 Å². The van der Waals surface area contributed by atoms with Gasteiger partial charge in [0.25, 0.3) is 0 Å². The van der Waals surface area contributed by atoms with Crippen LogP contribution in [-0.4, -0.2) is 15.6 Å². The van der Waals surface area contributed by atoms with E-state index >= 15 is 0 Å². The number of benzene rings is 1. The quantitative estimate of drug-likeness (QED) is 0.708. The van der Waals surface area contributed by atoms with Crippen LogP contribution in [0, 0.1) is 13.8 Å². The second kappa shape index (κ2) is 6.10. The largest absolute Gasteiger partial charge is 0.320 e. The maximum absolute atomic E-state index is 4.42. The molecule has 5 rings (SSSR count). The molecule has 4 heterocycles. The van der Waals surface area contributed by atoms with E-state index in [-0.39, 0.29) is 0 Å². The van der Waals surface area contributed by atoms with E-state index in [0.29, 0.717) is 12.1 Å². The van der Waals surface area contributed by atoms with Gasteiger partial charge < -0.3 is 9.88 Å². The Bertz CT molecular complexity index is 994. The first-order valence-electron chi connectivity index (χ1n) is 9.69. The Labute approximate surface area is 154 Å². The molecule has 0 unspecified atom stereocenters. The zero-order chi connectivity index (χ0) is 17.7. The van der Waals surface area contributed by atoms with Crippen LogP contribution in [-0.2, 0) is 6.42 Å². The molecule has 3 heteroatoms. The maximum Gasteiger partial charge on any atom is 0.0529 e. The summed E-state index contributed by atoms with van der Waals surface area (Å²) < 4.78 is 2.43. The van der Waals surface area contributed by atoms with Crippen LogP contribution in [0.25, 0.3) is 23.2 Å². The molecule has 0 radical (unpaired) electrons. The third-order valence-corrected chi connectivity index (χ3v) is 5.92. The monoisotopic (exact) mass is 343 g/mol. The van der Waals surface area contributed by atoms with Crippen molar-refractivity contribution >= 4 is 23.2 Å². The third kappa shape index (κ3) is 2.58. The molecule has 0 spiro atoms. The van der Waals surface area contributed by atoms with Gasteiger partial charge in [-0.2, -0.15) is 0 Å². The molecule has 3 nitrogen and oxygen atoms in total. The van der Waals surface area contributed by atoms with Crippen molar-refractivity contribution in [3.05, 3.63) is 64.6 Å². The van der Waals surface area contributed by atoms with E-state index in [0.717, 1.165) is 17.7 Å². The number of hydrogen-bond donors (Lipinski definition) is 1. The molecule has 2 aliphatic heterocycles. The Morgan fingerprint density at radius 3 is 2.92 bits per heavy atom. The molecule has 26 heavy (non-hydrogen) atoms. The Balaban J connectivity index is 1.67. The van der Waals surface area contributed by atoms with Crippen LogP contribution in [0.1, 0.15) is 53.4 Å². The molecular formula is C23H25N3. The molecule has 0 aliphatic carbocycles. The number of piperidine rings is 1. The summed E-state index contributed by atoms with van der Waals surface area (Å²) in [6.45, 7) is 4.22. The van der Waals surface area contributed by atoms with Crippen molar-refractivity contribution in [3.63, 3.8) is 0 Å². The number of nitrogens with zero attached hydrogens (tertiary/aromatic N) is 2. The molecule has 132 valence electrons. The Morgan fingerprint density at radius 1 is 1.15 bits per heavy atom. The van der Waals surface area contributed by atoms with E-state index in [1.165, 1.54) is 47.0 Å². The standard InChI is InChI=1S/C23H25N3/c1-15-6-9-21-19(12-15)23-20-5-3-4-18(25-20)13-22(23)26(21)11-10-17-8-7-16(2)24-14-17/h6-12,14,18,20,25H,3-5,13H2,1-2H3/b11-10+/t18-,20+/m1/s1. The van der Waals surface area contributed by atoms with Gasteiger partial charge in [0.1, 0.15) is 0 Å². The predicted molar refractivity (Wildman–Crippen MR) is 108 cm³/mol. The number of fused-ring (bicyclic) bond motifs is 6. The van der Waals surface area contributed by atoms with Crippen molar-refractivity contribution in [2.24, 2.45) is 0 Å². The van der Waals surface area contributed by atoms with Gasteiger partial charge in [0, 0.05) is 47.7 Å². The molecule has 2 aliphatic rings. The summed E-state index contributed by atoms with van der Waals surface area (Å²) in [5.41, 5.74) is 7.89. The van der Waals surface area contributed by atoms with Crippen LogP contribution in [0.2, 0.25) is 0 Å². The van der Waals surface area contributed by atoms with Crippen LogP contribution in [0.4, 0.5) is 0 Å². The predicted octanol–water partition coefficient (Wildman–Crippen LogP) is 5.02. The smallest absolute Gasteiger partial charge is 0.0529 e. The number of aryl methyl sites for hydroxylation is 2. The lowest BCUT2D eigenvalue weighted by Crippen LogP contribution is -2.42. The maximum atomic E-state index is 4.42. The molecule has 2 bridgehead atoms. The van der Waals surface area contributed by atoms with Gasteiger partial charge in [-0.05, 0) is 68.5 Å². The van der Waals surface area contributed by atoms with E-state index in [9.17, 15) is 0 Å². The molecule has 0 amide bonds. The Morgan fingerprint density at radius 2 is 2.08 bits per heavy atom. The van der Waals surface area contributed by atoms with Crippen LogP contribution < -0.4 is 5.32 Å². The lowest BCUT2D eigenvalue weighted by molar-refractivity contribution is 0.301. The molecule has 0 saturated carbocycles. The first-order chi connectivity index (χ1) is 12.7. The van der Waals surface area contributed by atoms with E-state index < -0.39 is 0 Å². The highest BCUT2D eigenvalue weighted by Crippen LogP contribution is 2.41. The van der Waals surface area contributed by atoms with Crippen molar-refractivity contribution in [2.75, 3.05) is 0 Å². The highest BCUT2D eigenvalue weighted by molar-refractivity contribution is 5.90. The molecule has 2 atom stereocenters. The van der Waals surface area contributed by atoms with Gasteiger partial charge in [0.05, 0.1) is 5.52 Å². The van der Waals surface area contributed by atoms with Crippen molar-refractivity contribution in [3.8, 4) is 0 Å². The van der Waals surface area contributed by atoms with Crippen molar-refractivity contribution < 1.29 is 0 Å². The van der Waals surface area contributed by atoms with Crippen LogP contribution in [0.15, 0.2) is 36.5 Å². The number of aromatic nitrogens is 2. The number of nitrogens with one attached hydrogen (secondary N) is 1. The first kappa shape index (κ1) is 15.8. The van der Waals surface area contributed by atoms with E-state index in [4.69, 9.17) is 0 Å². The summed E-state index contributed by atoms with van der Waals surface area (Å²) in [7, 11) is 0. The third-order valence-electron chi connectivity index (χ3n) is 5.92. The molecule has 1 saturated heterocycles. The number of pyridine rings is 1. The van der Waals surface area contributed by atoms with Gasteiger partial charge in [0.15, 0.2) is 0 Å². The molecule has 3 aromatic rings. The van der Waals surface area contributed by atoms with Crippen LogP contribution in [0.3, 0.4) is 0 Å². The van der Waals surface area contributed by atoms with Gasteiger partial charge >= 0.3 is 0 Å². The molecular weight excluding hydrogens is 318 g/mol. The van der Waals surface area contributed by atoms with E-state index in [1.54, 1.807) is 0 Å². The average molecular weight is 343 g/mol. The van der Waals surface area contributed by atoms with Gasteiger partial charge in [0.2, 0.25) is 0 Å². The lowest BCUT2D eigenvalue weighted by atomic mass is 9.84. The normalized spacial score (nSPS) is 22.1. The highest BCUT2D eigenvalue weighted by Gasteiger charge is 2.33. The fourth-order valence-corrected chi connectivity index (χ4v) is 4.65. The summed E-state index contributed by atoms with van der Waals surface area (Å²) >= 11 is 0. The summed E-state index contributed by atoms with van der Waals surface area (Å²) in [6, 6.07) is 12.2. The summed E-state index contributed by atoms with van der Waals surface area (Å²) in [6.07, 6.45) is 11.4. The molecule has 1 aromatic carbocycles. The zero-order valence-electron chi connectivity index (χ0n) is 15.5. The van der Waals surface area contributed by atoms with Gasteiger partial charge in [-0.3, -0.25) is 4.98 Å². The first-order valence-corrected chi connectivity index (χ1v) is 9.69. The lowest BCUT2D eigenvalue weighted by Gasteiger charge is -2.36. The second-order valence-corrected chi connectivity index (χ2v) is 7.85. The number of rotatable bonds is 2. The SMILES string of the molecule is Cc1ccc2c(c1)c1c(n2/C=C/c2ccc(C)nc2)C[C@H]2CCC[C@@H]1N2. The van der Waals surface area contributed by atoms with E-state index in [2.05, 4.69) is 64.4 Å². The summed E-state index contributed by atoms with van der Waals surface area (Å²) in [4.78, 5) is 4.42. The van der Waals surface area contributed by atoms with E-state index in [1.807, 2.05) is 13.1 Å². The van der Waals surface area contributed by atoms with Gasteiger partial charge in [-0.15, -0.1) is 0 Å². The number of hydrogen-bond acceptors (Lipinski definition) is 2. The Hall–Kier alpha value is -2.39. The summed E-state index contributed by atoms with van der Waals surface area (Å²) in [5.74, 6) is 0. The molecule has 1 fully saturated rings.